The van der Waals surface area contributed by atoms with Gasteiger partial charge in [0.25, 0.3) is 11.6 Å². The minimum absolute atomic E-state index is 0.119. The summed E-state index contributed by atoms with van der Waals surface area (Å²) < 4.78 is 5.76. The summed E-state index contributed by atoms with van der Waals surface area (Å²) in [5, 5.41) is 20.8. The van der Waals surface area contributed by atoms with Crippen LogP contribution in [-0.2, 0) is 4.79 Å². The van der Waals surface area contributed by atoms with E-state index in [1.807, 2.05) is 0 Å². The molecular formula is C22H14ClN3O6S. The van der Waals surface area contributed by atoms with Crippen LogP contribution in [0, 0.1) is 10.1 Å². The van der Waals surface area contributed by atoms with E-state index >= 15 is 0 Å². The van der Waals surface area contributed by atoms with Crippen LogP contribution in [0.15, 0.2) is 68.9 Å². The number of furan rings is 1. The van der Waals surface area contributed by atoms with Crippen LogP contribution in [0.3, 0.4) is 0 Å². The Morgan fingerprint density at radius 3 is 2.61 bits per heavy atom. The highest BCUT2D eigenvalue weighted by atomic mass is 35.5. The van der Waals surface area contributed by atoms with E-state index in [0.29, 0.717) is 37.9 Å². The second-order valence-electron chi connectivity index (χ2n) is 6.84. The number of aromatic carboxylic acids is 1. The number of rotatable bonds is 5. The summed E-state index contributed by atoms with van der Waals surface area (Å²) in [6, 6.07) is 13.3. The Morgan fingerprint density at radius 1 is 1.21 bits per heavy atom. The van der Waals surface area contributed by atoms with Crippen LogP contribution in [-0.4, -0.2) is 39.0 Å². The van der Waals surface area contributed by atoms with E-state index in [2.05, 4.69) is 4.99 Å². The van der Waals surface area contributed by atoms with Gasteiger partial charge in [-0.25, -0.2) is 9.79 Å². The molecule has 4 rings (SSSR count). The highest BCUT2D eigenvalue weighted by Crippen LogP contribution is 2.36. The van der Waals surface area contributed by atoms with Crippen molar-refractivity contribution < 1.29 is 24.0 Å². The zero-order valence-electron chi connectivity index (χ0n) is 16.9. The van der Waals surface area contributed by atoms with Crippen molar-refractivity contribution in [2.24, 2.45) is 4.99 Å². The molecule has 1 aromatic heterocycles. The molecule has 0 aliphatic carbocycles. The molecule has 11 heteroatoms. The SMILES string of the molecule is CN1C(=O)/C(=C\c2ccc(-c3cc([N+](=O)[O-])ccc3Cl)o2)SC1=Nc1ccc(C(=O)O)cc1. The van der Waals surface area contributed by atoms with E-state index in [4.69, 9.17) is 21.1 Å². The molecule has 1 amide bonds. The molecule has 0 radical (unpaired) electrons. The van der Waals surface area contributed by atoms with Gasteiger partial charge in [0.15, 0.2) is 5.17 Å². The monoisotopic (exact) mass is 483 g/mol. The number of non-ortho nitro benzene ring substituents is 1. The van der Waals surface area contributed by atoms with Crippen LogP contribution in [0.1, 0.15) is 16.1 Å². The molecule has 3 aromatic rings. The van der Waals surface area contributed by atoms with Crippen molar-refractivity contribution >= 4 is 57.9 Å². The molecule has 1 fully saturated rings. The molecule has 0 spiro atoms. The van der Waals surface area contributed by atoms with Crippen molar-refractivity contribution in [2.75, 3.05) is 7.05 Å². The minimum atomic E-state index is -1.04. The molecule has 2 heterocycles. The van der Waals surface area contributed by atoms with Crippen LogP contribution in [0.4, 0.5) is 11.4 Å². The third kappa shape index (κ3) is 4.66. The summed E-state index contributed by atoms with van der Waals surface area (Å²) in [5.41, 5.74) is 0.890. The molecule has 0 atom stereocenters. The Hall–Kier alpha value is -3.89. The second kappa shape index (κ2) is 8.93. The molecule has 2 aromatic carbocycles. The van der Waals surface area contributed by atoms with E-state index < -0.39 is 10.9 Å². The zero-order chi connectivity index (χ0) is 23.7. The lowest BCUT2D eigenvalue weighted by atomic mass is 10.1. The predicted molar refractivity (Wildman–Crippen MR) is 125 cm³/mol. The summed E-state index contributed by atoms with van der Waals surface area (Å²) in [7, 11) is 1.58. The average Bonchev–Trinajstić information content (AvgIpc) is 3.35. The van der Waals surface area contributed by atoms with Crippen molar-refractivity contribution in [3.05, 3.63) is 86.0 Å². The number of carbonyl (C=O) groups is 2. The lowest BCUT2D eigenvalue weighted by Crippen LogP contribution is -2.23. The summed E-state index contributed by atoms with van der Waals surface area (Å²) >= 11 is 7.31. The number of nitro benzene ring substituents is 1. The topological polar surface area (TPSA) is 126 Å². The van der Waals surface area contributed by atoms with Gasteiger partial charge >= 0.3 is 5.97 Å². The fraction of sp³-hybridized carbons (Fsp3) is 0.0455. The predicted octanol–water partition coefficient (Wildman–Crippen LogP) is 5.44. The first-order valence-corrected chi connectivity index (χ1v) is 10.6. The van der Waals surface area contributed by atoms with Gasteiger partial charge in [-0.15, -0.1) is 0 Å². The molecule has 1 N–H and O–H groups in total. The maximum absolute atomic E-state index is 12.6. The van der Waals surface area contributed by atoms with E-state index in [1.54, 1.807) is 37.4 Å². The van der Waals surface area contributed by atoms with E-state index in [9.17, 15) is 19.7 Å². The Bertz CT molecular complexity index is 1350. The van der Waals surface area contributed by atoms with Crippen molar-refractivity contribution in [3.8, 4) is 11.3 Å². The van der Waals surface area contributed by atoms with Crippen LogP contribution < -0.4 is 0 Å². The van der Waals surface area contributed by atoms with Gasteiger partial charge in [-0.3, -0.25) is 19.8 Å². The summed E-state index contributed by atoms with van der Waals surface area (Å²) in [4.78, 5) is 40.3. The van der Waals surface area contributed by atoms with Crippen LogP contribution in [0.2, 0.25) is 5.02 Å². The summed E-state index contributed by atoms with van der Waals surface area (Å²) in [5.74, 6) is -0.631. The first-order valence-electron chi connectivity index (χ1n) is 9.37. The molecule has 33 heavy (non-hydrogen) atoms. The normalized spacial score (nSPS) is 16.1. The number of benzene rings is 2. The average molecular weight is 484 g/mol. The number of halogens is 1. The van der Waals surface area contributed by atoms with Crippen LogP contribution >= 0.6 is 23.4 Å². The fourth-order valence-electron chi connectivity index (χ4n) is 2.96. The Morgan fingerprint density at radius 2 is 1.94 bits per heavy atom. The number of aliphatic imine (C=N–C) groups is 1. The highest BCUT2D eigenvalue weighted by Gasteiger charge is 2.30. The Balaban J connectivity index is 1.59. The quantitative estimate of drug-likeness (QED) is 0.291. The summed E-state index contributed by atoms with van der Waals surface area (Å²) in [6.45, 7) is 0. The fourth-order valence-corrected chi connectivity index (χ4v) is 4.14. The van der Waals surface area contributed by atoms with Crippen molar-refractivity contribution in [1.82, 2.24) is 4.90 Å². The van der Waals surface area contributed by atoms with Gasteiger partial charge in [-0.1, -0.05) is 11.6 Å². The largest absolute Gasteiger partial charge is 0.478 e. The standard InChI is InChI=1S/C22H14ClN3O6S/c1-25-20(27)19(33-22(25)24-13-4-2-12(3-5-13)21(28)29)11-15-7-9-18(32-15)16-10-14(26(30)31)6-8-17(16)23/h2-11H,1H3,(H,28,29)/b19-11+,24-22?. The molecule has 1 saturated heterocycles. The van der Waals surface area contributed by atoms with Gasteiger partial charge in [0.1, 0.15) is 11.5 Å². The lowest BCUT2D eigenvalue weighted by molar-refractivity contribution is -0.384. The number of thioether (sulfide) groups is 1. The maximum atomic E-state index is 12.6. The number of carboxylic acids is 1. The van der Waals surface area contributed by atoms with E-state index in [1.165, 1.54) is 35.2 Å². The molecule has 0 saturated carbocycles. The number of carbonyl (C=O) groups excluding carboxylic acids is 1. The molecule has 9 nitrogen and oxygen atoms in total. The molecule has 1 aliphatic rings. The van der Waals surface area contributed by atoms with Gasteiger partial charge in [0.05, 0.1) is 26.1 Å². The number of hydrogen-bond acceptors (Lipinski definition) is 7. The van der Waals surface area contributed by atoms with E-state index in [-0.39, 0.29) is 17.2 Å². The molecule has 1 aliphatic heterocycles. The van der Waals surface area contributed by atoms with Gasteiger partial charge in [0.2, 0.25) is 0 Å². The molecule has 0 unspecified atom stereocenters. The number of carboxylic acid groups (broad SMARTS) is 1. The zero-order valence-corrected chi connectivity index (χ0v) is 18.5. The van der Waals surface area contributed by atoms with Crippen molar-refractivity contribution in [2.45, 2.75) is 0 Å². The minimum Gasteiger partial charge on any atom is -0.478 e. The smallest absolute Gasteiger partial charge is 0.335 e. The third-order valence-corrected chi connectivity index (χ3v) is 6.06. The summed E-state index contributed by atoms with van der Waals surface area (Å²) in [6.07, 6.45) is 1.55. The number of hydrogen-bond donors (Lipinski definition) is 1. The third-order valence-electron chi connectivity index (χ3n) is 4.67. The number of amides is 1. The Labute approximate surface area is 196 Å². The molecular weight excluding hydrogens is 470 g/mol. The van der Waals surface area contributed by atoms with Crippen molar-refractivity contribution in [3.63, 3.8) is 0 Å². The van der Waals surface area contributed by atoms with E-state index in [0.717, 1.165) is 11.8 Å². The molecule has 166 valence electrons. The number of nitrogens with zero attached hydrogens (tertiary/aromatic N) is 3. The van der Waals surface area contributed by atoms with Crippen molar-refractivity contribution in [1.29, 1.82) is 0 Å². The lowest BCUT2D eigenvalue weighted by Gasteiger charge is -2.07. The van der Waals surface area contributed by atoms with Gasteiger partial charge in [0, 0.05) is 30.8 Å². The highest BCUT2D eigenvalue weighted by molar-refractivity contribution is 8.18. The maximum Gasteiger partial charge on any atom is 0.335 e. The first-order chi connectivity index (χ1) is 15.7. The van der Waals surface area contributed by atoms with Gasteiger partial charge in [-0.05, 0) is 54.2 Å². The van der Waals surface area contributed by atoms with Gasteiger partial charge < -0.3 is 9.52 Å². The van der Waals surface area contributed by atoms with Crippen LogP contribution in [0.5, 0.6) is 0 Å². The second-order valence-corrected chi connectivity index (χ2v) is 8.26. The number of nitro groups is 1. The first kappa shape index (κ1) is 22.3. The Kier molecular flexibility index (Phi) is 6.03. The number of likely N-dealkylation sites (N-methyl/N-ethyl adjacent to an activating group) is 1. The van der Waals surface area contributed by atoms with Gasteiger partial charge in [-0.2, -0.15) is 0 Å². The number of amidine groups is 1. The molecule has 0 bridgehead atoms. The van der Waals surface area contributed by atoms with Crippen LogP contribution in [0.25, 0.3) is 17.4 Å².